The molecule has 0 amide bonds. The van der Waals surface area contributed by atoms with Crippen molar-refractivity contribution in [3.05, 3.63) is 48.3 Å². The Balaban J connectivity index is 0.00000272. The van der Waals surface area contributed by atoms with E-state index in [1.807, 2.05) is 24.0 Å². The van der Waals surface area contributed by atoms with Crippen molar-refractivity contribution in [3.63, 3.8) is 0 Å². The number of ether oxygens (including phenoxy) is 2. The smallest absolute Gasteiger partial charge is 0.193 e. The van der Waals surface area contributed by atoms with Crippen LogP contribution in [0.25, 0.3) is 5.69 Å². The molecule has 8 heteroatoms. The van der Waals surface area contributed by atoms with Crippen molar-refractivity contribution in [2.75, 3.05) is 33.4 Å². The van der Waals surface area contributed by atoms with E-state index in [4.69, 9.17) is 9.47 Å². The number of benzene rings is 1. The predicted octanol–water partition coefficient (Wildman–Crippen LogP) is 3.62. The van der Waals surface area contributed by atoms with Crippen LogP contribution in [0.3, 0.4) is 0 Å². The lowest BCUT2D eigenvalue weighted by Crippen LogP contribution is -2.47. The summed E-state index contributed by atoms with van der Waals surface area (Å²) in [6.07, 6.45) is 10.0. The van der Waals surface area contributed by atoms with Gasteiger partial charge in [0.05, 0.1) is 24.5 Å². The molecular formula is C23H34IN5O2. The zero-order valence-corrected chi connectivity index (χ0v) is 20.6. The van der Waals surface area contributed by atoms with Gasteiger partial charge in [0.2, 0.25) is 0 Å². The van der Waals surface area contributed by atoms with Crippen molar-refractivity contribution in [1.82, 2.24) is 20.0 Å². The summed E-state index contributed by atoms with van der Waals surface area (Å²) in [5, 5.41) is 7.82. The number of guanidine groups is 1. The van der Waals surface area contributed by atoms with Gasteiger partial charge in [0.25, 0.3) is 0 Å². The standard InChI is InChI=1S/C23H33N5O2.HI/c1-24-23(25-17-19-6-4-7-20(16-19)28-12-5-11-26-28)27-13-9-21(10-14-27)30-18-22-8-2-3-15-29-22;/h4-7,11-12,16,21-22H,2-3,8-10,13-15,17-18H2,1H3,(H,24,25);1H. The number of hydrogen-bond acceptors (Lipinski definition) is 4. The summed E-state index contributed by atoms with van der Waals surface area (Å²) in [6, 6.07) is 10.3. The molecule has 2 fully saturated rings. The van der Waals surface area contributed by atoms with E-state index >= 15 is 0 Å². The summed E-state index contributed by atoms with van der Waals surface area (Å²) < 4.78 is 13.8. The number of aliphatic imine (C=N–C) groups is 1. The first-order chi connectivity index (χ1) is 14.8. The van der Waals surface area contributed by atoms with E-state index < -0.39 is 0 Å². The average molecular weight is 539 g/mol. The third kappa shape index (κ3) is 6.92. The Bertz CT molecular complexity index is 800. The molecule has 170 valence electrons. The number of nitrogens with zero attached hydrogens (tertiary/aromatic N) is 4. The van der Waals surface area contributed by atoms with Crippen LogP contribution in [0.1, 0.15) is 37.7 Å². The van der Waals surface area contributed by atoms with Gasteiger partial charge in [-0.2, -0.15) is 5.10 Å². The molecule has 2 aromatic rings. The van der Waals surface area contributed by atoms with Crippen molar-refractivity contribution in [2.45, 2.75) is 50.9 Å². The zero-order chi connectivity index (χ0) is 20.6. The minimum Gasteiger partial charge on any atom is -0.376 e. The fourth-order valence-corrected chi connectivity index (χ4v) is 4.16. The highest BCUT2D eigenvalue weighted by Gasteiger charge is 2.23. The lowest BCUT2D eigenvalue weighted by molar-refractivity contribution is -0.0721. The van der Waals surface area contributed by atoms with Gasteiger partial charge in [-0.05, 0) is 55.9 Å². The maximum Gasteiger partial charge on any atom is 0.193 e. The number of piperidine rings is 1. The second-order valence-electron chi connectivity index (χ2n) is 8.03. The van der Waals surface area contributed by atoms with E-state index in [2.05, 4.69) is 44.6 Å². The van der Waals surface area contributed by atoms with Crippen LogP contribution in [0.15, 0.2) is 47.7 Å². The van der Waals surface area contributed by atoms with Gasteiger partial charge >= 0.3 is 0 Å². The number of likely N-dealkylation sites (tertiary alicyclic amines) is 1. The molecule has 31 heavy (non-hydrogen) atoms. The third-order valence-electron chi connectivity index (χ3n) is 5.88. The highest BCUT2D eigenvalue weighted by Crippen LogP contribution is 2.18. The molecule has 1 unspecified atom stereocenters. The maximum absolute atomic E-state index is 6.14. The monoisotopic (exact) mass is 539 g/mol. The number of aromatic nitrogens is 2. The fourth-order valence-electron chi connectivity index (χ4n) is 4.16. The van der Waals surface area contributed by atoms with Crippen LogP contribution < -0.4 is 5.32 Å². The summed E-state index contributed by atoms with van der Waals surface area (Å²) >= 11 is 0. The molecule has 7 nitrogen and oxygen atoms in total. The molecule has 1 atom stereocenters. The molecule has 4 rings (SSSR count). The van der Waals surface area contributed by atoms with Gasteiger partial charge in [-0.25, -0.2) is 4.68 Å². The van der Waals surface area contributed by atoms with Crippen LogP contribution in [0, 0.1) is 0 Å². The molecule has 2 aliphatic heterocycles. The van der Waals surface area contributed by atoms with Gasteiger partial charge in [0.15, 0.2) is 5.96 Å². The van der Waals surface area contributed by atoms with Crippen molar-refractivity contribution in [1.29, 1.82) is 0 Å². The highest BCUT2D eigenvalue weighted by molar-refractivity contribution is 14.0. The molecule has 1 aromatic heterocycles. The van der Waals surface area contributed by atoms with Crippen LogP contribution in [-0.2, 0) is 16.0 Å². The van der Waals surface area contributed by atoms with E-state index in [0.717, 1.165) is 63.8 Å². The molecule has 2 aliphatic rings. The molecule has 0 saturated carbocycles. The van der Waals surface area contributed by atoms with Crippen molar-refractivity contribution in [3.8, 4) is 5.69 Å². The Labute approximate surface area is 202 Å². The van der Waals surface area contributed by atoms with Gasteiger partial charge < -0.3 is 19.7 Å². The minimum atomic E-state index is 0. The van der Waals surface area contributed by atoms with Gasteiger partial charge in [0, 0.05) is 45.7 Å². The van der Waals surface area contributed by atoms with Crippen LogP contribution in [0.5, 0.6) is 0 Å². The first-order valence-electron chi connectivity index (χ1n) is 11.1. The number of halogens is 1. The fraction of sp³-hybridized carbons (Fsp3) is 0.565. The summed E-state index contributed by atoms with van der Waals surface area (Å²) in [6.45, 7) is 4.28. The summed E-state index contributed by atoms with van der Waals surface area (Å²) in [5.74, 6) is 0.952. The van der Waals surface area contributed by atoms with E-state index in [0.29, 0.717) is 12.2 Å². The Morgan fingerprint density at radius 1 is 1.23 bits per heavy atom. The topological polar surface area (TPSA) is 63.9 Å². The van der Waals surface area contributed by atoms with E-state index in [9.17, 15) is 0 Å². The van der Waals surface area contributed by atoms with Crippen molar-refractivity contribution in [2.24, 2.45) is 4.99 Å². The van der Waals surface area contributed by atoms with Gasteiger partial charge in [-0.3, -0.25) is 4.99 Å². The molecule has 2 saturated heterocycles. The Kier molecular flexibility index (Phi) is 9.60. The first kappa shape index (κ1) is 24.0. The highest BCUT2D eigenvalue weighted by atomic mass is 127. The second-order valence-corrected chi connectivity index (χ2v) is 8.03. The lowest BCUT2D eigenvalue weighted by atomic mass is 10.1. The molecule has 0 spiro atoms. The molecule has 0 radical (unpaired) electrons. The number of nitrogens with one attached hydrogen (secondary N) is 1. The normalized spacial score (nSPS) is 20.4. The van der Waals surface area contributed by atoms with Gasteiger partial charge in [-0.1, -0.05) is 12.1 Å². The summed E-state index contributed by atoms with van der Waals surface area (Å²) in [5.41, 5.74) is 2.27. The molecular weight excluding hydrogens is 505 g/mol. The third-order valence-corrected chi connectivity index (χ3v) is 5.88. The van der Waals surface area contributed by atoms with E-state index in [-0.39, 0.29) is 24.0 Å². The molecule has 0 bridgehead atoms. The molecule has 0 aliphatic carbocycles. The summed E-state index contributed by atoms with van der Waals surface area (Å²) in [4.78, 5) is 6.82. The van der Waals surface area contributed by atoms with Gasteiger partial charge in [-0.15, -0.1) is 24.0 Å². The van der Waals surface area contributed by atoms with Crippen molar-refractivity contribution >= 4 is 29.9 Å². The lowest BCUT2D eigenvalue weighted by Gasteiger charge is -2.35. The number of hydrogen-bond donors (Lipinski definition) is 1. The Morgan fingerprint density at radius 2 is 2.10 bits per heavy atom. The largest absolute Gasteiger partial charge is 0.376 e. The molecule has 1 N–H and O–H groups in total. The SMILES string of the molecule is CN=C(NCc1cccc(-n2cccn2)c1)N1CCC(OCC2CCCCO2)CC1.I. The predicted molar refractivity (Wildman–Crippen MR) is 133 cm³/mol. The Hall–Kier alpha value is -1.65. The van der Waals surface area contributed by atoms with Gasteiger partial charge in [0.1, 0.15) is 0 Å². The van der Waals surface area contributed by atoms with Crippen LogP contribution in [0.2, 0.25) is 0 Å². The quantitative estimate of drug-likeness (QED) is 0.345. The zero-order valence-electron chi connectivity index (χ0n) is 18.3. The Morgan fingerprint density at radius 3 is 2.81 bits per heavy atom. The molecule has 1 aromatic carbocycles. The van der Waals surface area contributed by atoms with Crippen LogP contribution in [0.4, 0.5) is 0 Å². The van der Waals surface area contributed by atoms with Crippen LogP contribution in [-0.4, -0.2) is 66.2 Å². The summed E-state index contributed by atoms with van der Waals surface area (Å²) in [7, 11) is 1.85. The van der Waals surface area contributed by atoms with E-state index in [1.54, 1.807) is 6.20 Å². The maximum atomic E-state index is 6.14. The minimum absolute atomic E-state index is 0. The molecule has 3 heterocycles. The first-order valence-corrected chi connectivity index (χ1v) is 11.1. The van der Waals surface area contributed by atoms with Crippen molar-refractivity contribution < 1.29 is 9.47 Å². The second kappa shape index (κ2) is 12.4. The average Bonchev–Trinajstić information content (AvgIpc) is 3.35. The van der Waals surface area contributed by atoms with Crippen LogP contribution >= 0.6 is 24.0 Å². The van der Waals surface area contributed by atoms with E-state index in [1.165, 1.54) is 18.4 Å². The number of rotatable bonds is 6.